The zero-order valence-electron chi connectivity index (χ0n) is 17.4. The highest BCUT2D eigenvalue weighted by Crippen LogP contribution is 2.23. The maximum atomic E-state index is 13.1. The molecule has 8 nitrogen and oxygen atoms in total. The second kappa shape index (κ2) is 10.6. The Morgan fingerprint density at radius 2 is 1.81 bits per heavy atom. The van der Waals surface area contributed by atoms with Crippen molar-refractivity contribution >= 4 is 18.2 Å². The van der Waals surface area contributed by atoms with Crippen LogP contribution in [-0.2, 0) is 14.4 Å². The van der Waals surface area contributed by atoms with Crippen LogP contribution in [0.5, 0.6) is 0 Å². The average Bonchev–Trinajstić information content (AvgIpc) is 2.61. The van der Waals surface area contributed by atoms with E-state index in [0.29, 0.717) is 31.0 Å². The van der Waals surface area contributed by atoms with Crippen LogP contribution in [0, 0.1) is 11.3 Å². The predicted molar refractivity (Wildman–Crippen MR) is 103 cm³/mol. The van der Waals surface area contributed by atoms with Gasteiger partial charge in [0.15, 0.2) is 0 Å². The van der Waals surface area contributed by atoms with Crippen molar-refractivity contribution in [2.75, 3.05) is 39.8 Å². The summed E-state index contributed by atoms with van der Waals surface area (Å²) in [6.07, 6.45) is 2.55. The fraction of sp³-hybridized carbons (Fsp3) is 0.842. The monoisotopic (exact) mass is 384 g/mol. The Morgan fingerprint density at radius 3 is 2.30 bits per heavy atom. The molecule has 0 spiro atoms. The number of amides is 3. The molecule has 27 heavy (non-hydrogen) atoms. The van der Waals surface area contributed by atoms with Crippen molar-refractivity contribution < 1.29 is 19.6 Å². The number of nitrogens with zero attached hydrogens (tertiary/aromatic N) is 3. The van der Waals surface area contributed by atoms with Crippen LogP contribution >= 0.6 is 0 Å². The second-order valence-electron chi connectivity index (χ2n) is 8.50. The molecule has 1 saturated heterocycles. The summed E-state index contributed by atoms with van der Waals surface area (Å²) < 4.78 is 0. The fourth-order valence-electron chi connectivity index (χ4n) is 3.14. The van der Waals surface area contributed by atoms with Crippen molar-refractivity contribution in [3.05, 3.63) is 0 Å². The molecule has 0 aromatic carbocycles. The van der Waals surface area contributed by atoms with E-state index >= 15 is 0 Å². The fourth-order valence-corrected chi connectivity index (χ4v) is 3.14. The minimum atomic E-state index is -0.652. The van der Waals surface area contributed by atoms with Crippen LogP contribution in [0.15, 0.2) is 0 Å². The minimum absolute atomic E-state index is 0.0745. The number of likely N-dealkylation sites (N-methyl/N-ethyl adjacent to an activating group) is 1. The highest BCUT2D eigenvalue weighted by atomic mass is 16.5. The topological polar surface area (TPSA) is 93.2 Å². The Morgan fingerprint density at radius 1 is 1.22 bits per heavy atom. The van der Waals surface area contributed by atoms with Crippen molar-refractivity contribution in [3.8, 4) is 0 Å². The maximum Gasteiger partial charge on any atom is 0.245 e. The number of carbonyl (C=O) groups excluding carboxylic acids is 3. The van der Waals surface area contributed by atoms with Crippen LogP contribution in [0.25, 0.3) is 0 Å². The number of unbranched alkanes of at least 4 members (excludes halogenated alkanes) is 1. The van der Waals surface area contributed by atoms with E-state index in [9.17, 15) is 19.6 Å². The van der Waals surface area contributed by atoms with Crippen molar-refractivity contribution in [1.82, 2.24) is 20.2 Å². The number of hydroxylamine groups is 2. The molecule has 0 aliphatic carbocycles. The molecule has 3 amide bonds. The Kier molecular flexibility index (Phi) is 9.18. The van der Waals surface area contributed by atoms with Gasteiger partial charge in [0.2, 0.25) is 18.2 Å². The highest BCUT2D eigenvalue weighted by molar-refractivity contribution is 5.89. The lowest BCUT2D eigenvalue weighted by molar-refractivity contribution is -0.155. The second-order valence-corrected chi connectivity index (χ2v) is 8.50. The molecule has 1 aliphatic rings. The van der Waals surface area contributed by atoms with Gasteiger partial charge < -0.3 is 15.1 Å². The van der Waals surface area contributed by atoms with Gasteiger partial charge in [-0.1, -0.05) is 40.5 Å². The SMILES string of the molecule is CCCCC(CN(O)C=O)C(=O)NC(C(=O)N1CCN(C)CC1)C(C)(C)C. The van der Waals surface area contributed by atoms with Crippen LogP contribution in [0.3, 0.4) is 0 Å². The zero-order valence-corrected chi connectivity index (χ0v) is 17.4. The molecule has 1 rings (SSSR count). The zero-order chi connectivity index (χ0) is 20.6. The molecule has 0 saturated carbocycles. The molecule has 0 radical (unpaired) electrons. The number of hydrogen-bond acceptors (Lipinski definition) is 5. The molecule has 2 atom stereocenters. The number of nitrogens with one attached hydrogen (secondary N) is 1. The van der Waals surface area contributed by atoms with Crippen molar-refractivity contribution in [2.24, 2.45) is 11.3 Å². The summed E-state index contributed by atoms with van der Waals surface area (Å²) in [5.74, 6) is -0.925. The lowest BCUT2D eigenvalue weighted by Crippen LogP contribution is -2.59. The van der Waals surface area contributed by atoms with Crippen LogP contribution in [0.4, 0.5) is 0 Å². The lowest BCUT2D eigenvalue weighted by Gasteiger charge is -2.39. The molecule has 8 heteroatoms. The number of hydrogen-bond donors (Lipinski definition) is 2. The Balaban J connectivity index is 2.87. The van der Waals surface area contributed by atoms with Gasteiger partial charge in [-0.3, -0.25) is 19.6 Å². The van der Waals surface area contributed by atoms with Crippen molar-refractivity contribution in [2.45, 2.75) is 53.0 Å². The third-order valence-electron chi connectivity index (χ3n) is 5.02. The molecule has 1 heterocycles. The van der Waals surface area contributed by atoms with E-state index in [2.05, 4.69) is 10.2 Å². The number of carbonyl (C=O) groups is 3. The normalized spacial score (nSPS) is 17.9. The summed E-state index contributed by atoms with van der Waals surface area (Å²) in [5.41, 5.74) is -0.449. The van der Waals surface area contributed by atoms with E-state index in [4.69, 9.17) is 0 Å². The van der Waals surface area contributed by atoms with Gasteiger partial charge in [0, 0.05) is 26.2 Å². The largest absolute Gasteiger partial charge is 0.344 e. The summed E-state index contributed by atoms with van der Waals surface area (Å²) in [4.78, 5) is 40.6. The molecule has 2 N–H and O–H groups in total. The van der Waals surface area contributed by atoms with E-state index in [1.54, 1.807) is 4.90 Å². The first-order valence-corrected chi connectivity index (χ1v) is 9.78. The molecular formula is C19H36N4O4. The smallest absolute Gasteiger partial charge is 0.245 e. The first kappa shape index (κ1) is 23.4. The molecule has 0 bridgehead atoms. The van der Waals surface area contributed by atoms with E-state index in [0.717, 1.165) is 25.9 Å². The average molecular weight is 385 g/mol. The molecule has 0 aromatic heterocycles. The van der Waals surface area contributed by atoms with Gasteiger partial charge in [0.25, 0.3) is 0 Å². The van der Waals surface area contributed by atoms with E-state index in [1.807, 2.05) is 34.7 Å². The van der Waals surface area contributed by atoms with Crippen LogP contribution in [0.1, 0.15) is 47.0 Å². The predicted octanol–water partition coefficient (Wildman–Crippen LogP) is 0.945. The van der Waals surface area contributed by atoms with Gasteiger partial charge in [-0.15, -0.1) is 0 Å². The first-order chi connectivity index (χ1) is 12.6. The molecule has 2 unspecified atom stereocenters. The van der Waals surface area contributed by atoms with E-state index in [1.165, 1.54) is 0 Å². The maximum absolute atomic E-state index is 13.1. The van der Waals surface area contributed by atoms with Gasteiger partial charge in [-0.05, 0) is 18.9 Å². The summed E-state index contributed by atoms with van der Waals surface area (Å²) in [7, 11) is 2.02. The quantitative estimate of drug-likeness (QED) is 0.351. The summed E-state index contributed by atoms with van der Waals surface area (Å²) >= 11 is 0. The highest BCUT2D eigenvalue weighted by Gasteiger charge is 2.37. The van der Waals surface area contributed by atoms with E-state index in [-0.39, 0.29) is 18.4 Å². The van der Waals surface area contributed by atoms with E-state index < -0.39 is 17.4 Å². The molecule has 1 fully saturated rings. The molecule has 156 valence electrons. The third-order valence-corrected chi connectivity index (χ3v) is 5.02. The van der Waals surface area contributed by atoms with Gasteiger partial charge in [-0.25, -0.2) is 5.06 Å². The number of rotatable bonds is 9. The van der Waals surface area contributed by atoms with Crippen molar-refractivity contribution in [1.29, 1.82) is 0 Å². The number of piperazine rings is 1. The Labute approximate surface area is 162 Å². The Bertz CT molecular complexity index is 498. The van der Waals surface area contributed by atoms with Gasteiger partial charge in [0.1, 0.15) is 6.04 Å². The summed E-state index contributed by atoms with van der Waals surface area (Å²) in [5, 5.41) is 12.9. The van der Waals surface area contributed by atoms with Gasteiger partial charge in [0.05, 0.1) is 12.5 Å². The summed E-state index contributed by atoms with van der Waals surface area (Å²) in [6, 6.07) is -0.652. The molecule has 1 aliphatic heterocycles. The van der Waals surface area contributed by atoms with Crippen molar-refractivity contribution in [3.63, 3.8) is 0 Å². The van der Waals surface area contributed by atoms with Crippen LogP contribution in [-0.4, -0.2) is 84.1 Å². The van der Waals surface area contributed by atoms with Gasteiger partial charge >= 0.3 is 0 Å². The lowest BCUT2D eigenvalue weighted by atomic mass is 9.85. The third kappa shape index (κ3) is 7.46. The molecule has 0 aromatic rings. The molecular weight excluding hydrogens is 348 g/mol. The standard InChI is InChI=1S/C19H36N4O4/c1-6-7-8-15(13-23(27)14-24)17(25)20-16(19(2,3)4)18(26)22-11-9-21(5)10-12-22/h14-16,27H,6-13H2,1-5H3,(H,20,25). The van der Waals surface area contributed by atoms with Crippen LogP contribution < -0.4 is 5.32 Å². The van der Waals surface area contributed by atoms with Gasteiger partial charge in [-0.2, -0.15) is 0 Å². The van der Waals surface area contributed by atoms with Crippen LogP contribution in [0.2, 0.25) is 0 Å². The summed E-state index contributed by atoms with van der Waals surface area (Å²) in [6.45, 7) is 10.6. The first-order valence-electron chi connectivity index (χ1n) is 9.78. The Hall–Kier alpha value is -1.67. The minimum Gasteiger partial charge on any atom is -0.344 e.